The van der Waals surface area contributed by atoms with Gasteiger partial charge in [-0.15, -0.1) is 0 Å². The molecule has 0 bridgehead atoms. The molecule has 12 N–H and O–H groups in total. The lowest BCUT2D eigenvalue weighted by molar-refractivity contribution is -0.379. The monoisotopic (exact) mass is 1430 g/mol. The second-order valence-electron chi connectivity index (χ2n) is 28.9. The van der Waals surface area contributed by atoms with Gasteiger partial charge in [-0.1, -0.05) is 311 Å². The van der Waals surface area contributed by atoms with Crippen LogP contribution >= 0.6 is 0 Å². The maximum atomic E-state index is 13.5. The van der Waals surface area contributed by atoms with E-state index >= 15 is 0 Å². The molecule has 0 aliphatic carbocycles. The van der Waals surface area contributed by atoms with Gasteiger partial charge in [-0.05, 0) is 64.2 Å². The van der Waals surface area contributed by atoms with Crippen molar-refractivity contribution in [1.82, 2.24) is 5.32 Å². The number of ether oxygens (including phenoxy) is 6. The molecule has 0 spiro atoms. The number of amides is 1. The van der Waals surface area contributed by atoms with Gasteiger partial charge in [-0.3, -0.25) is 4.79 Å². The molecule has 3 heterocycles. The van der Waals surface area contributed by atoms with Crippen LogP contribution in [0.1, 0.15) is 309 Å². The number of aliphatic hydroxyl groups excluding tert-OH is 11. The number of carbonyl (C=O) groups is 1. The van der Waals surface area contributed by atoms with E-state index in [0.29, 0.717) is 12.8 Å². The summed E-state index contributed by atoms with van der Waals surface area (Å²) in [6, 6.07) is -0.894. The molecular weight excluding hydrogens is 1290 g/mol. The van der Waals surface area contributed by atoms with E-state index < -0.39 is 124 Å². The van der Waals surface area contributed by atoms with Crippen molar-refractivity contribution >= 4 is 5.91 Å². The first-order chi connectivity index (χ1) is 49.3. The average Bonchev–Trinajstić information content (AvgIpc) is 0.792. The first-order valence-electron chi connectivity index (χ1n) is 40.7. The molecule has 3 rings (SSSR count). The van der Waals surface area contributed by atoms with Gasteiger partial charge in [0.25, 0.3) is 0 Å². The molecule has 0 aromatic heterocycles. The summed E-state index contributed by atoms with van der Waals surface area (Å²) < 4.78 is 34.5. The normalized spacial score (nSPS) is 26.7. The zero-order chi connectivity index (χ0) is 73.2. The summed E-state index contributed by atoms with van der Waals surface area (Å²) in [5, 5.41) is 121. The third kappa shape index (κ3) is 42.4. The number of hydrogen-bond donors (Lipinski definition) is 12. The smallest absolute Gasteiger partial charge is 0.220 e. The van der Waals surface area contributed by atoms with Crippen LogP contribution in [0.5, 0.6) is 0 Å². The van der Waals surface area contributed by atoms with Crippen molar-refractivity contribution < 1.29 is 89.4 Å². The Morgan fingerprint density at radius 2 is 0.683 bits per heavy atom. The Balaban J connectivity index is 1.37. The lowest BCUT2D eigenvalue weighted by Crippen LogP contribution is -2.66. The highest BCUT2D eigenvalue weighted by Gasteiger charge is 2.54. The molecule has 0 saturated carbocycles. The topological polar surface area (TPSA) is 307 Å². The molecule has 17 atom stereocenters. The minimum atomic E-state index is -1.98. The van der Waals surface area contributed by atoms with Gasteiger partial charge in [0.2, 0.25) is 5.91 Å². The summed E-state index contributed by atoms with van der Waals surface area (Å²) >= 11 is 0. The quantitative estimate of drug-likeness (QED) is 0.0199. The van der Waals surface area contributed by atoms with Crippen LogP contribution in [-0.2, 0) is 33.2 Å². The van der Waals surface area contributed by atoms with Gasteiger partial charge in [0.15, 0.2) is 18.9 Å². The predicted octanol–water partition coefficient (Wildman–Crippen LogP) is 13.6. The first kappa shape index (κ1) is 92.4. The van der Waals surface area contributed by atoms with Gasteiger partial charge < -0.3 is 89.9 Å². The van der Waals surface area contributed by atoms with Gasteiger partial charge in [0.1, 0.15) is 73.2 Å². The molecule has 588 valence electrons. The van der Waals surface area contributed by atoms with E-state index in [1.165, 1.54) is 186 Å². The molecule has 3 fully saturated rings. The largest absolute Gasteiger partial charge is 0.394 e. The van der Waals surface area contributed by atoms with Crippen molar-refractivity contribution in [2.45, 2.75) is 413 Å². The molecule has 101 heavy (non-hydrogen) atoms. The third-order valence-corrected chi connectivity index (χ3v) is 20.0. The molecule has 19 nitrogen and oxygen atoms in total. The van der Waals surface area contributed by atoms with E-state index in [9.17, 15) is 61.0 Å². The minimum absolute atomic E-state index is 0.244. The van der Waals surface area contributed by atoms with E-state index in [0.717, 1.165) is 89.9 Å². The van der Waals surface area contributed by atoms with E-state index in [1.54, 1.807) is 0 Å². The fourth-order valence-electron chi connectivity index (χ4n) is 13.6. The number of aliphatic hydroxyl groups is 11. The van der Waals surface area contributed by atoms with Crippen molar-refractivity contribution in [3.63, 3.8) is 0 Å². The Labute approximate surface area is 610 Å². The molecule has 0 radical (unpaired) electrons. The van der Waals surface area contributed by atoms with Crippen LogP contribution < -0.4 is 5.32 Å². The SMILES string of the molecule is CC/C=C\C/C=C\C/C=C\C/C=C\C/C=C\C/C=C\CCCCCCCCCCCCCCC(=O)NC(COC1OC(CO)C(OC2OC(CO)C(OC3OC(CO)C(O)C(O)C3O)C(O)C2O)C(O)C1O)C(O)CCCCCCCCCCCCCCCCCCCCCCCCCCC. The molecule has 19 heteroatoms. The molecule has 0 aromatic carbocycles. The van der Waals surface area contributed by atoms with Crippen LogP contribution in [0.4, 0.5) is 0 Å². The van der Waals surface area contributed by atoms with Gasteiger partial charge in [-0.25, -0.2) is 0 Å². The minimum Gasteiger partial charge on any atom is -0.394 e. The molecule has 17 unspecified atom stereocenters. The average molecular weight is 1440 g/mol. The number of hydrogen-bond acceptors (Lipinski definition) is 18. The van der Waals surface area contributed by atoms with Crippen LogP contribution in [0.2, 0.25) is 0 Å². The number of rotatable bonds is 64. The van der Waals surface area contributed by atoms with Crippen molar-refractivity contribution in [1.29, 1.82) is 0 Å². The fraction of sp³-hybridized carbons (Fsp3) is 0.841. The zero-order valence-corrected chi connectivity index (χ0v) is 62.9. The molecule has 3 aliphatic heterocycles. The zero-order valence-electron chi connectivity index (χ0n) is 62.9. The van der Waals surface area contributed by atoms with Crippen LogP contribution in [0.25, 0.3) is 0 Å². The van der Waals surface area contributed by atoms with Gasteiger partial charge in [-0.2, -0.15) is 0 Å². The molecule has 3 saturated heterocycles. The summed E-state index contributed by atoms with van der Waals surface area (Å²) in [7, 11) is 0. The fourth-order valence-corrected chi connectivity index (χ4v) is 13.6. The van der Waals surface area contributed by atoms with Crippen LogP contribution in [0.3, 0.4) is 0 Å². The second kappa shape index (κ2) is 62.3. The molecule has 1 amide bonds. The van der Waals surface area contributed by atoms with Crippen LogP contribution in [0.15, 0.2) is 72.9 Å². The Bertz CT molecular complexity index is 2110. The summed E-state index contributed by atoms with van der Waals surface area (Å²) in [6.07, 6.45) is 54.1. The standard InChI is InChI=1S/C82H147NO18/c1-3-5-7-9-11-13-15-17-19-21-23-25-27-29-30-31-32-33-34-36-38-40-42-44-46-48-50-52-54-56-58-60-70(88)83-65(66(87)59-57-55-53-51-49-47-45-43-41-39-37-35-28-26-24-22-20-18-16-14-12-10-8-6-4-2)64-96-80-76(94)73(91)78(68(62-85)98-80)101-82-77(95)74(92)79(69(63-86)99-82)100-81-75(93)72(90)71(89)67(61-84)97-81/h5,7,11,13,17,19,23,25,29-30,32-33,65-69,71-82,84-87,89-95H,3-4,6,8-10,12,14-16,18,20-22,24,26-28,31,34-64H2,1-2H3,(H,83,88)/b7-5-,13-11-,19-17-,25-23-,30-29-,33-32-. The number of unbranched alkanes of at least 4 members (excludes halogenated alkanes) is 36. The van der Waals surface area contributed by atoms with Crippen molar-refractivity contribution in [3.05, 3.63) is 72.9 Å². The maximum Gasteiger partial charge on any atom is 0.220 e. The number of nitrogens with one attached hydrogen (secondary N) is 1. The van der Waals surface area contributed by atoms with Gasteiger partial charge in [0, 0.05) is 6.42 Å². The number of carbonyl (C=O) groups excluding carboxylic acids is 1. The van der Waals surface area contributed by atoms with Gasteiger partial charge in [0.05, 0.1) is 38.6 Å². The van der Waals surface area contributed by atoms with Crippen molar-refractivity contribution in [2.24, 2.45) is 0 Å². The summed E-state index contributed by atoms with van der Waals surface area (Å²) in [5.74, 6) is -0.244. The van der Waals surface area contributed by atoms with E-state index in [4.69, 9.17) is 28.4 Å². The predicted molar refractivity (Wildman–Crippen MR) is 401 cm³/mol. The summed E-state index contributed by atoms with van der Waals surface area (Å²) in [6.45, 7) is 1.72. The van der Waals surface area contributed by atoms with E-state index in [2.05, 4.69) is 92.1 Å². The first-order valence-corrected chi connectivity index (χ1v) is 40.7. The lowest BCUT2D eigenvalue weighted by atomic mass is 9.96. The van der Waals surface area contributed by atoms with E-state index in [-0.39, 0.29) is 18.9 Å². The van der Waals surface area contributed by atoms with Gasteiger partial charge >= 0.3 is 0 Å². The summed E-state index contributed by atoms with van der Waals surface area (Å²) in [5.41, 5.74) is 0. The molecule has 0 aromatic rings. The van der Waals surface area contributed by atoms with Crippen LogP contribution in [0, 0.1) is 0 Å². The van der Waals surface area contributed by atoms with Crippen LogP contribution in [-0.4, -0.2) is 193 Å². The highest BCUT2D eigenvalue weighted by atomic mass is 16.8. The molecular formula is C82H147NO18. The molecule has 3 aliphatic rings. The van der Waals surface area contributed by atoms with Crippen molar-refractivity contribution in [2.75, 3.05) is 26.4 Å². The number of allylic oxidation sites excluding steroid dienone is 12. The Kier molecular flexibility index (Phi) is 57.0. The highest BCUT2D eigenvalue weighted by Crippen LogP contribution is 2.33. The lowest BCUT2D eigenvalue weighted by Gasteiger charge is -2.48. The summed E-state index contributed by atoms with van der Waals surface area (Å²) in [4.78, 5) is 13.5. The Morgan fingerprint density at radius 3 is 1.07 bits per heavy atom. The van der Waals surface area contributed by atoms with E-state index in [1.807, 2.05) is 0 Å². The Morgan fingerprint density at radius 1 is 0.366 bits per heavy atom. The second-order valence-corrected chi connectivity index (χ2v) is 28.9. The third-order valence-electron chi connectivity index (χ3n) is 20.0. The Hall–Kier alpha value is -2.77. The van der Waals surface area contributed by atoms with Crippen molar-refractivity contribution in [3.8, 4) is 0 Å². The highest BCUT2D eigenvalue weighted by molar-refractivity contribution is 5.76. The maximum absolute atomic E-state index is 13.5.